The van der Waals surface area contributed by atoms with E-state index >= 15 is 0 Å². The molecular weight excluding hydrogens is 220 g/mol. The van der Waals surface area contributed by atoms with E-state index in [4.69, 9.17) is 4.74 Å². The molecule has 5 heteroatoms. The summed E-state index contributed by atoms with van der Waals surface area (Å²) in [5, 5.41) is 0. The van der Waals surface area contributed by atoms with Gasteiger partial charge in [0.1, 0.15) is 0 Å². The molecule has 1 heterocycles. The fourth-order valence-electron chi connectivity index (χ4n) is 1.02. The Labute approximate surface area is 88.4 Å². The van der Waals surface area contributed by atoms with Gasteiger partial charge in [-0.3, -0.25) is 0 Å². The van der Waals surface area contributed by atoms with Crippen LogP contribution in [0.25, 0.3) is 0 Å². The lowest BCUT2D eigenvalue weighted by molar-refractivity contribution is 0.426. The van der Waals surface area contributed by atoms with Crippen LogP contribution < -0.4 is 0 Å². The average Bonchev–Trinajstić information content (AvgIpc) is 2.99. The number of benzene rings is 1. The maximum atomic E-state index is 10.6. The van der Waals surface area contributed by atoms with Gasteiger partial charge in [0.05, 0.1) is 17.6 Å². The Hall–Kier alpha value is -0.520. The van der Waals surface area contributed by atoms with Crippen LogP contribution >= 0.6 is 11.8 Å². The lowest BCUT2D eigenvalue weighted by Crippen LogP contribution is -1.88. The van der Waals surface area contributed by atoms with E-state index < -0.39 is 10.7 Å². The molecule has 76 valence electrons. The number of thiol groups is 1. The number of epoxide rings is 1. The van der Waals surface area contributed by atoms with Crippen molar-refractivity contribution in [2.75, 3.05) is 12.4 Å². The maximum Gasteiger partial charge on any atom is 0.168 e. The first-order valence-electron chi connectivity index (χ1n) is 4.24. The zero-order valence-electron chi connectivity index (χ0n) is 7.38. The molecule has 0 N–H and O–H groups in total. The number of rotatable bonds is 4. The summed E-state index contributed by atoms with van der Waals surface area (Å²) in [6.07, 6.45) is 0.399. The van der Waals surface area contributed by atoms with Gasteiger partial charge in [-0.15, -0.1) is 11.8 Å². The van der Waals surface area contributed by atoms with E-state index in [1.54, 1.807) is 23.9 Å². The Kier molecular flexibility index (Phi) is 3.10. The van der Waals surface area contributed by atoms with E-state index in [0.717, 1.165) is 17.3 Å². The third-order valence-corrected chi connectivity index (χ3v) is 3.75. The monoisotopic (exact) mass is 230 g/mol. The number of thioether (sulfide) groups is 1. The van der Waals surface area contributed by atoms with Gasteiger partial charge in [0.25, 0.3) is 0 Å². The Balaban J connectivity index is 1.97. The molecule has 1 saturated heterocycles. The first-order chi connectivity index (χ1) is 6.75. The zero-order valence-corrected chi connectivity index (χ0v) is 9.09. The number of ether oxygens (including phenoxy) is 1. The van der Waals surface area contributed by atoms with Crippen molar-refractivity contribution >= 4 is 22.5 Å². The molecule has 0 spiro atoms. The molecule has 1 unspecified atom stereocenters. The van der Waals surface area contributed by atoms with Crippen LogP contribution in [0, 0.1) is 0 Å². The quantitative estimate of drug-likeness (QED) is 0.479. The standard InChI is InChI=1S/C9H10O3S2/c10-14(11)9-3-1-8(2-4-9)13-6-7-5-12-7/h1-4,7,14H,5-6H2. The van der Waals surface area contributed by atoms with Crippen molar-refractivity contribution in [2.24, 2.45) is 0 Å². The Bertz CT molecular complexity index is 372. The highest BCUT2D eigenvalue weighted by Gasteiger charge is 2.21. The molecule has 1 aliphatic rings. The molecule has 1 aromatic carbocycles. The summed E-state index contributed by atoms with van der Waals surface area (Å²) in [6, 6.07) is 6.91. The van der Waals surface area contributed by atoms with E-state index in [1.807, 2.05) is 12.1 Å². The van der Waals surface area contributed by atoms with Crippen LogP contribution in [0.4, 0.5) is 0 Å². The normalized spacial score (nSPS) is 19.9. The van der Waals surface area contributed by atoms with E-state index in [2.05, 4.69) is 0 Å². The molecule has 0 amide bonds. The van der Waals surface area contributed by atoms with Crippen LogP contribution in [0.3, 0.4) is 0 Å². The summed E-state index contributed by atoms with van der Waals surface area (Å²) in [5.41, 5.74) is 0. The fourth-order valence-corrected chi connectivity index (χ4v) is 2.31. The van der Waals surface area contributed by atoms with Gasteiger partial charge >= 0.3 is 0 Å². The zero-order chi connectivity index (χ0) is 9.97. The predicted octanol–water partition coefficient (Wildman–Crippen LogP) is 1.15. The molecule has 1 aliphatic heterocycles. The minimum Gasteiger partial charge on any atom is -0.372 e. The second kappa shape index (κ2) is 4.33. The fraction of sp³-hybridized carbons (Fsp3) is 0.333. The van der Waals surface area contributed by atoms with Crippen LogP contribution in [0.15, 0.2) is 34.1 Å². The molecule has 0 aromatic heterocycles. The van der Waals surface area contributed by atoms with Crippen molar-refractivity contribution in [2.45, 2.75) is 15.9 Å². The van der Waals surface area contributed by atoms with E-state index in [1.165, 1.54) is 0 Å². The summed E-state index contributed by atoms with van der Waals surface area (Å²) in [4.78, 5) is 1.45. The Morgan fingerprint density at radius 2 is 2.00 bits per heavy atom. The van der Waals surface area contributed by atoms with Crippen LogP contribution in [0.2, 0.25) is 0 Å². The highest BCUT2D eigenvalue weighted by atomic mass is 32.2. The van der Waals surface area contributed by atoms with Gasteiger partial charge in [0.15, 0.2) is 10.7 Å². The Morgan fingerprint density at radius 3 is 2.50 bits per heavy atom. The molecule has 0 aliphatic carbocycles. The predicted molar refractivity (Wildman–Crippen MR) is 55.5 cm³/mol. The van der Waals surface area contributed by atoms with E-state index in [9.17, 15) is 8.42 Å². The van der Waals surface area contributed by atoms with Crippen molar-refractivity contribution in [3.8, 4) is 0 Å². The van der Waals surface area contributed by atoms with Crippen LogP contribution in [-0.2, 0) is 15.4 Å². The van der Waals surface area contributed by atoms with Gasteiger partial charge in [-0.2, -0.15) is 0 Å². The van der Waals surface area contributed by atoms with Crippen molar-refractivity contribution in [3.63, 3.8) is 0 Å². The van der Waals surface area contributed by atoms with Crippen LogP contribution in [0.1, 0.15) is 0 Å². The second-order valence-electron chi connectivity index (χ2n) is 3.02. The second-order valence-corrected chi connectivity index (χ2v) is 5.14. The SMILES string of the molecule is O=[SH](=O)c1ccc(SCC2CO2)cc1. The smallest absolute Gasteiger partial charge is 0.168 e. The molecule has 0 bridgehead atoms. The summed E-state index contributed by atoms with van der Waals surface area (Å²) in [5.74, 6) is 0.947. The number of hydrogen-bond donors (Lipinski definition) is 1. The van der Waals surface area contributed by atoms with E-state index in [-0.39, 0.29) is 0 Å². The maximum absolute atomic E-state index is 10.6. The molecule has 0 radical (unpaired) electrons. The van der Waals surface area contributed by atoms with Crippen LogP contribution in [-0.4, -0.2) is 26.9 Å². The van der Waals surface area contributed by atoms with Gasteiger partial charge in [-0.25, -0.2) is 8.42 Å². The average molecular weight is 230 g/mol. The molecule has 1 atom stereocenters. The first kappa shape index (κ1) is 10.0. The first-order valence-corrected chi connectivity index (χ1v) is 6.41. The van der Waals surface area contributed by atoms with Crippen molar-refractivity contribution < 1.29 is 13.2 Å². The lowest BCUT2D eigenvalue weighted by atomic mass is 10.4. The molecule has 1 aromatic rings. The topological polar surface area (TPSA) is 46.7 Å². The molecule has 14 heavy (non-hydrogen) atoms. The van der Waals surface area contributed by atoms with Crippen LogP contribution in [0.5, 0.6) is 0 Å². The van der Waals surface area contributed by atoms with Gasteiger partial charge in [-0.1, -0.05) is 0 Å². The molecule has 2 rings (SSSR count). The molecule has 1 fully saturated rings. The van der Waals surface area contributed by atoms with Crippen molar-refractivity contribution in [1.29, 1.82) is 0 Å². The molecular formula is C9H10O3S2. The van der Waals surface area contributed by atoms with Gasteiger partial charge in [0.2, 0.25) is 0 Å². The lowest BCUT2D eigenvalue weighted by Gasteiger charge is -1.98. The summed E-state index contributed by atoms with van der Waals surface area (Å²) < 4.78 is 26.3. The highest BCUT2D eigenvalue weighted by molar-refractivity contribution is 7.99. The largest absolute Gasteiger partial charge is 0.372 e. The molecule has 3 nitrogen and oxygen atoms in total. The minimum absolute atomic E-state index is 0.368. The van der Waals surface area contributed by atoms with Crippen molar-refractivity contribution in [1.82, 2.24) is 0 Å². The molecule has 0 saturated carbocycles. The van der Waals surface area contributed by atoms with Gasteiger partial charge in [-0.05, 0) is 24.3 Å². The minimum atomic E-state index is -2.45. The number of hydrogen-bond acceptors (Lipinski definition) is 4. The Morgan fingerprint density at radius 1 is 1.36 bits per heavy atom. The van der Waals surface area contributed by atoms with E-state index in [0.29, 0.717) is 11.0 Å². The highest BCUT2D eigenvalue weighted by Crippen LogP contribution is 2.24. The summed E-state index contributed by atoms with van der Waals surface area (Å²) >= 11 is 1.69. The summed E-state index contributed by atoms with van der Waals surface area (Å²) in [6.45, 7) is 0.859. The van der Waals surface area contributed by atoms with Gasteiger partial charge < -0.3 is 4.74 Å². The third kappa shape index (κ3) is 2.73. The third-order valence-electron chi connectivity index (χ3n) is 1.89. The summed E-state index contributed by atoms with van der Waals surface area (Å²) in [7, 11) is -2.45. The van der Waals surface area contributed by atoms with Crippen molar-refractivity contribution in [3.05, 3.63) is 24.3 Å². The van der Waals surface area contributed by atoms with Gasteiger partial charge in [0, 0.05) is 10.6 Å².